The second-order valence-corrected chi connectivity index (χ2v) is 11.7. The molecule has 184 valence electrons. The lowest BCUT2D eigenvalue weighted by atomic mass is 10.2. The average Bonchev–Trinajstić information content (AvgIpc) is 2.83. The molecular weight excluding hydrogens is 502 g/mol. The topological polar surface area (TPSA) is 139 Å². The number of amides is 2. The molecule has 0 bridgehead atoms. The maximum absolute atomic E-state index is 13.4. The fourth-order valence-electron chi connectivity index (χ4n) is 3.70. The molecule has 11 heteroatoms. The number of rotatable bonds is 6. The van der Waals surface area contributed by atoms with E-state index in [2.05, 4.69) is 15.6 Å². The number of nitrogens with one attached hydrogen (secondary N) is 2. The number of sulfone groups is 2. The van der Waals surface area contributed by atoms with Crippen LogP contribution >= 0.6 is 0 Å². The van der Waals surface area contributed by atoms with Crippen LogP contribution in [0.4, 0.5) is 11.4 Å². The quantitative estimate of drug-likeness (QED) is 0.392. The van der Waals surface area contributed by atoms with Crippen LogP contribution in [0.3, 0.4) is 0 Å². The zero-order valence-corrected chi connectivity index (χ0v) is 20.9. The van der Waals surface area contributed by atoms with E-state index in [1.165, 1.54) is 93.0 Å². The van der Waals surface area contributed by atoms with Crippen LogP contribution in [0.5, 0.6) is 0 Å². The Morgan fingerprint density at radius 1 is 0.611 bits per heavy atom. The lowest BCUT2D eigenvalue weighted by molar-refractivity contribution is -0.115. The SMILES string of the molecule is CC(=O)Nc1ccc(S(=O)(=O)c2ccc(S(=O)(=O)c3ccc(NC(C)=O)cc3)c3cnccc23)cc1. The van der Waals surface area contributed by atoms with E-state index in [1.54, 1.807) is 0 Å². The van der Waals surface area contributed by atoms with Gasteiger partial charge in [-0.25, -0.2) is 16.8 Å². The molecule has 0 atom stereocenters. The number of benzene rings is 3. The highest BCUT2D eigenvalue weighted by Crippen LogP contribution is 2.34. The molecule has 0 saturated carbocycles. The van der Waals surface area contributed by atoms with Gasteiger partial charge in [-0.3, -0.25) is 14.6 Å². The van der Waals surface area contributed by atoms with Crippen LogP contribution in [0.1, 0.15) is 13.8 Å². The summed E-state index contributed by atoms with van der Waals surface area (Å²) in [7, 11) is -8.07. The molecule has 0 spiro atoms. The van der Waals surface area contributed by atoms with Crippen molar-refractivity contribution < 1.29 is 26.4 Å². The molecule has 0 aliphatic rings. The van der Waals surface area contributed by atoms with Crippen molar-refractivity contribution >= 4 is 53.6 Å². The van der Waals surface area contributed by atoms with Crippen LogP contribution < -0.4 is 10.6 Å². The Morgan fingerprint density at radius 3 is 1.44 bits per heavy atom. The number of carbonyl (C=O) groups is 2. The Morgan fingerprint density at radius 2 is 1.03 bits per heavy atom. The fraction of sp³-hybridized carbons (Fsp3) is 0.0800. The van der Waals surface area contributed by atoms with Gasteiger partial charge in [0, 0.05) is 48.4 Å². The highest BCUT2D eigenvalue weighted by Gasteiger charge is 2.26. The van der Waals surface area contributed by atoms with E-state index in [9.17, 15) is 26.4 Å². The molecule has 2 N–H and O–H groups in total. The smallest absolute Gasteiger partial charge is 0.221 e. The monoisotopic (exact) mass is 523 g/mol. The van der Waals surface area contributed by atoms with Gasteiger partial charge in [0.25, 0.3) is 0 Å². The Kier molecular flexibility index (Phi) is 6.61. The number of carbonyl (C=O) groups excluding carboxylic acids is 2. The lowest BCUT2D eigenvalue weighted by Gasteiger charge is -2.13. The molecule has 3 aromatic carbocycles. The highest BCUT2D eigenvalue weighted by molar-refractivity contribution is 7.92. The summed E-state index contributed by atoms with van der Waals surface area (Å²) in [6.45, 7) is 2.69. The van der Waals surface area contributed by atoms with Gasteiger partial charge < -0.3 is 10.6 Å². The maximum Gasteiger partial charge on any atom is 0.221 e. The minimum Gasteiger partial charge on any atom is -0.326 e. The Balaban J connectivity index is 1.80. The Labute approximate surface area is 208 Å². The molecule has 1 aromatic heterocycles. The molecule has 36 heavy (non-hydrogen) atoms. The summed E-state index contributed by atoms with van der Waals surface area (Å²) in [6.07, 6.45) is 2.70. The predicted octanol–water partition coefficient (Wildman–Crippen LogP) is 3.82. The second-order valence-electron chi connectivity index (χ2n) is 7.90. The Hall–Kier alpha value is -4.09. The largest absolute Gasteiger partial charge is 0.326 e. The minimum atomic E-state index is -4.04. The van der Waals surface area contributed by atoms with Crippen molar-refractivity contribution in [3.8, 4) is 0 Å². The van der Waals surface area contributed by atoms with Gasteiger partial charge in [-0.1, -0.05) is 0 Å². The molecule has 0 aliphatic carbocycles. The van der Waals surface area contributed by atoms with Crippen LogP contribution in [-0.4, -0.2) is 33.6 Å². The van der Waals surface area contributed by atoms with Crippen molar-refractivity contribution in [1.29, 1.82) is 0 Å². The normalized spacial score (nSPS) is 11.7. The molecule has 4 rings (SSSR count). The first kappa shape index (κ1) is 25.0. The molecule has 0 radical (unpaired) electrons. The number of hydrogen-bond acceptors (Lipinski definition) is 7. The number of pyridine rings is 1. The number of hydrogen-bond donors (Lipinski definition) is 2. The van der Waals surface area contributed by atoms with Crippen molar-refractivity contribution in [2.24, 2.45) is 0 Å². The van der Waals surface area contributed by atoms with Crippen molar-refractivity contribution in [1.82, 2.24) is 4.98 Å². The molecule has 0 aliphatic heterocycles. The number of nitrogens with zero attached hydrogens (tertiary/aromatic N) is 1. The van der Waals surface area contributed by atoms with Gasteiger partial charge in [0.2, 0.25) is 31.5 Å². The average molecular weight is 524 g/mol. The molecule has 1 heterocycles. The molecule has 0 unspecified atom stereocenters. The summed E-state index contributed by atoms with van der Waals surface area (Å²) in [5, 5.41) is 5.50. The van der Waals surface area contributed by atoms with Crippen molar-refractivity contribution in [2.45, 2.75) is 33.4 Å². The first-order valence-electron chi connectivity index (χ1n) is 10.6. The van der Waals surface area contributed by atoms with Gasteiger partial charge in [-0.2, -0.15) is 0 Å². The van der Waals surface area contributed by atoms with Crippen LogP contribution in [-0.2, 0) is 29.3 Å². The number of aromatic nitrogens is 1. The van der Waals surface area contributed by atoms with E-state index >= 15 is 0 Å². The highest BCUT2D eigenvalue weighted by atomic mass is 32.2. The third-order valence-electron chi connectivity index (χ3n) is 5.29. The summed E-state index contributed by atoms with van der Waals surface area (Å²) in [5.41, 5.74) is 0.889. The van der Waals surface area contributed by atoms with E-state index in [0.29, 0.717) is 11.4 Å². The fourth-order valence-corrected chi connectivity index (χ4v) is 6.61. The summed E-state index contributed by atoms with van der Waals surface area (Å²) >= 11 is 0. The second kappa shape index (κ2) is 9.51. The van der Waals surface area contributed by atoms with Crippen molar-refractivity contribution in [2.75, 3.05) is 10.6 Å². The van der Waals surface area contributed by atoms with Crippen LogP contribution in [0.15, 0.2) is 98.7 Å². The number of anilines is 2. The van der Waals surface area contributed by atoms with E-state index < -0.39 is 19.7 Å². The molecule has 4 aromatic rings. The van der Waals surface area contributed by atoms with E-state index in [1.807, 2.05) is 0 Å². The van der Waals surface area contributed by atoms with E-state index in [0.717, 1.165) is 0 Å². The minimum absolute atomic E-state index is 0.0149. The van der Waals surface area contributed by atoms with E-state index in [4.69, 9.17) is 0 Å². The van der Waals surface area contributed by atoms with Crippen LogP contribution in [0.25, 0.3) is 10.8 Å². The van der Waals surface area contributed by atoms with Gasteiger partial charge in [0.1, 0.15) is 0 Å². The van der Waals surface area contributed by atoms with Crippen LogP contribution in [0, 0.1) is 0 Å². The van der Waals surface area contributed by atoms with Gasteiger partial charge in [0.05, 0.1) is 19.6 Å². The predicted molar refractivity (Wildman–Crippen MR) is 134 cm³/mol. The molecule has 0 saturated heterocycles. The molecular formula is C25H21N3O6S2. The first-order chi connectivity index (χ1) is 17.0. The lowest BCUT2D eigenvalue weighted by Crippen LogP contribution is -2.09. The zero-order valence-electron chi connectivity index (χ0n) is 19.2. The standard InChI is InChI=1S/C25H21N3O6S2/c1-16(29)27-18-3-7-20(8-4-18)35(31,32)24-11-12-25(23-15-26-14-13-22(23)24)36(33,34)21-9-5-19(6-10-21)28-17(2)30/h3-15H,1-2H3,(H,27,29)(H,28,30). The van der Waals surface area contributed by atoms with Crippen molar-refractivity contribution in [3.63, 3.8) is 0 Å². The van der Waals surface area contributed by atoms with Crippen molar-refractivity contribution in [3.05, 3.63) is 79.1 Å². The Bertz CT molecular complexity index is 1570. The molecule has 9 nitrogen and oxygen atoms in total. The zero-order chi connectivity index (χ0) is 26.1. The third kappa shape index (κ3) is 4.83. The van der Waals surface area contributed by atoms with Gasteiger partial charge in [-0.15, -0.1) is 0 Å². The summed E-state index contributed by atoms with van der Waals surface area (Å²) < 4.78 is 53.8. The van der Waals surface area contributed by atoms with Gasteiger partial charge >= 0.3 is 0 Å². The van der Waals surface area contributed by atoms with Crippen LogP contribution in [0.2, 0.25) is 0 Å². The maximum atomic E-state index is 13.4. The third-order valence-corrected chi connectivity index (χ3v) is 8.94. The molecule has 2 amide bonds. The summed E-state index contributed by atoms with van der Waals surface area (Å²) in [6, 6.07) is 15.3. The summed E-state index contributed by atoms with van der Waals surface area (Å²) in [4.78, 5) is 26.3. The van der Waals surface area contributed by atoms with E-state index in [-0.39, 0.29) is 42.2 Å². The van der Waals surface area contributed by atoms with Gasteiger partial charge in [-0.05, 0) is 66.7 Å². The van der Waals surface area contributed by atoms with Gasteiger partial charge in [0.15, 0.2) is 0 Å². The first-order valence-corrected chi connectivity index (χ1v) is 13.6. The molecule has 0 fully saturated rings. The number of fused-ring (bicyclic) bond motifs is 1. The summed E-state index contributed by atoms with van der Waals surface area (Å²) in [5.74, 6) is -0.574.